The summed E-state index contributed by atoms with van der Waals surface area (Å²) >= 11 is 7.79. The Morgan fingerprint density at radius 1 is 0.833 bits per heavy atom. The van der Waals surface area contributed by atoms with Gasteiger partial charge in [0, 0.05) is 19.6 Å². The molecule has 18 heavy (non-hydrogen) atoms. The molecule has 2 aromatic carbocycles. The van der Waals surface area contributed by atoms with Gasteiger partial charge in [0.25, 0.3) is 0 Å². The molecular formula is C15H14S3. The van der Waals surface area contributed by atoms with Gasteiger partial charge in [-0.2, -0.15) is 0 Å². The zero-order valence-electron chi connectivity index (χ0n) is 10.0. The predicted octanol–water partition coefficient (Wildman–Crippen LogP) is 5.75. The van der Waals surface area contributed by atoms with Crippen LogP contribution in [0.2, 0.25) is 0 Å². The van der Waals surface area contributed by atoms with Crippen molar-refractivity contribution in [3.05, 3.63) is 60.0 Å². The van der Waals surface area contributed by atoms with E-state index in [0.29, 0.717) is 0 Å². The number of rotatable bonds is 4. The average Bonchev–Trinajstić information content (AvgIpc) is 2.41. The highest BCUT2D eigenvalue weighted by atomic mass is 32.2. The average molecular weight is 290 g/mol. The first-order valence-corrected chi connectivity index (χ1v) is 7.77. The Hall–Kier alpha value is -0.770. The second kappa shape index (κ2) is 6.98. The van der Waals surface area contributed by atoms with E-state index < -0.39 is 0 Å². The van der Waals surface area contributed by atoms with Crippen LogP contribution in [-0.2, 0) is 0 Å². The maximum atomic E-state index is 4.29. The van der Waals surface area contributed by atoms with Gasteiger partial charge in [0.1, 0.15) is 0 Å². The lowest BCUT2D eigenvalue weighted by Crippen LogP contribution is -1.74. The first-order valence-electron chi connectivity index (χ1n) is 5.63. The third-order valence-corrected chi connectivity index (χ3v) is 4.50. The summed E-state index contributed by atoms with van der Waals surface area (Å²) in [6, 6.07) is 16.8. The van der Waals surface area contributed by atoms with Crippen molar-refractivity contribution < 1.29 is 0 Å². The molecule has 0 nitrogen and oxygen atoms in total. The maximum absolute atomic E-state index is 4.29. The number of hydrogen-bond acceptors (Lipinski definition) is 3. The molecule has 0 aromatic heterocycles. The van der Waals surface area contributed by atoms with Crippen molar-refractivity contribution in [1.29, 1.82) is 0 Å². The van der Waals surface area contributed by atoms with Crippen molar-refractivity contribution in [1.82, 2.24) is 0 Å². The number of hydrogen-bond donors (Lipinski definition) is 1. The number of allylic oxidation sites excluding steroid dienone is 1. The van der Waals surface area contributed by atoms with E-state index in [9.17, 15) is 0 Å². The van der Waals surface area contributed by atoms with Crippen molar-refractivity contribution in [2.24, 2.45) is 0 Å². The van der Waals surface area contributed by atoms with Crippen molar-refractivity contribution in [3.63, 3.8) is 0 Å². The van der Waals surface area contributed by atoms with Crippen molar-refractivity contribution >= 4 is 36.2 Å². The van der Waals surface area contributed by atoms with E-state index in [0.717, 1.165) is 4.90 Å². The van der Waals surface area contributed by atoms with E-state index in [4.69, 9.17) is 0 Å². The summed E-state index contributed by atoms with van der Waals surface area (Å²) in [5.74, 6) is 0. The molecule has 0 aliphatic carbocycles. The second-order valence-electron chi connectivity index (χ2n) is 3.65. The second-order valence-corrected chi connectivity index (χ2v) is 6.30. The van der Waals surface area contributed by atoms with Gasteiger partial charge in [-0.15, -0.1) is 12.6 Å². The number of benzene rings is 2. The Morgan fingerprint density at radius 2 is 1.33 bits per heavy atom. The molecule has 0 saturated carbocycles. The summed E-state index contributed by atoms with van der Waals surface area (Å²) in [4.78, 5) is 4.76. The Morgan fingerprint density at radius 3 is 1.89 bits per heavy atom. The molecule has 92 valence electrons. The van der Waals surface area contributed by atoms with Crippen molar-refractivity contribution in [2.45, 2.75) is 26.5 Å². The van der Waals surface area contributed by atoms with Crippen LogP contribution in [0.3, 0.4) is 0 Å². The smallest absolute Gasteiger partial charge is 0.0123 e. The lowest BCUT2D eigenvalue weighted by molar-refractivity contribution is 1.32. The fourth-order valence-electron chi connectivity index (χ4n) is 1.38. The quantitative estimate of drug-likeness (QED) is 0.562. The van der Waals surface area contributed by atoms with Gasteiger partial charge < -0.3 is 0 Å². The number of thioether (sulfide) groups is 1. The molecule has 2 rings (SSSR count). The molecule has 0 bridgehead atoms. The van der Waals surface area contributed by atoms with Gasteiger partial charge in [0.2, 0.25) is 0 Å². The Labute approximate surface area is 122 Å². The highest BCUT2D eigenvalue weighted by Gasteiger charge is 1.98. The Balaban J connectivity index is 2.03. The van der Waals surface area contributed by atoms with Crippen LogP contribution in [0.25, 0.3) is 0 Å². The molecule has 2 aromatic rings. The zero-order chi connectivity index (χ0) is 12.8. The van der Waals surface area contributed by atoms with E-state index in [1.807, 2.05) is 25.1 Å². The molecule has 0 heterocycles. The summed E-state index contributed by atoms with van der Waals surface area (Å²) in [5.41, 5.74) is 0. The zero-order valence-corrected chi connectivity index (χ0v) is 12.6. The van der Waals surface area contributed by atoms with Crippen LogP contribution >= 0.6 is 36.2 Å². The molecule has 0 amide bonds. The normalized spacial score (nSPS) is 11.0. The molecule has 0 spiro atoms. The molecule has 0 fully saturated rings. The molecule has 0 aliphatic rings. The molecular weight excluding hydrogens is 276 g/mol. The van der Waals surface area contributed by atoms with E-state index in [1.54, 1.807) is 23.5 Å². The first kappa shape index (κ1) is 13.7. The minimum absolute atomic E-state index is 0.998. The van der Waals surface area contributed by atoms with Gasteiger partial charge in [0.15, 0.2) is 0 Å². The highest BCUT2D eigenvalue weighted by molar-refractivity contribution is 8.02. The van der Waals surface area contributed by atoms with Gasteiger partial charge in [0.05, 0.1) is 0 Å². The highest BCUT2D eigenvalue weighted by Crippen LogP contribution is 2.30. The van der Waals surface area contributed by atoms with Crippen LogP contribution in [0.1, 0.15) is 6.92 Å². The van der Waals surface area contributed by atoms with E-state index in [-0.39, 0.29) is 0 Å². The van der Waals surface area contributed by atoms with Gasteiger partial charge in [-0.05, 0) is 60.9 Å². The summed E-state index contributed by atoms with van der Waals surface area (Å²) < 4.78 is 0. The summed E-state index contributed by atoms with van der Waals surface area (Å²) in [7, 11) is 0. The molecule has 0 atom stereocenters. The lowest BCUT2D eigenvalue weighted by Gasteiger charge is -2.03. The minimum Gasteiger partial charge on any atom is -0.143 e. The fourth-order valence-corrected chi connectivity index (χ4v) is 2.94. The van der Waals surface area contributed by atoms with Gasteiger partial charge >= 0.3 is 0 Å². The third-order valence-electron chi connectivity index (χ3n) is 2.24. The van der Waals surface area contributed by atoms with Crippen LogP contribution in [0, 0.1) is 0 Å². The third kappa shape index (κ3) is 4.16. The first-order chi connectivity index (χ1) is 8.78. The molecule has 3 heteroatoms. The monoisotopic (exact) mass is 290 g/mol. The van der Waals surface area contributed by atoms with Crippen LogP contribution < -0.4 is 0 Å². The van der Waals surface area contributed by atoms with Gasteiger partial charge in [-0.25, -0.2) is 0 Å². The number of thiol groups is 1. The lowest BCUT2D eigenvalue weighted by atomic mass is 10.4. The minimum atomic E-state index is 0.998. The Bertz CT molecular complexity index is 512. The summed E-state index contributed by atoms with van der Waals surface area (Å²) in [6.45, 7) is 2.03. The standard InChI is InChI=1S/C15H14S3/c1-2-11-17-13-7-9-15(10-8-13)18-14-5-3-12(16)4-6-14/h2-11,16H,1H3. The molecule has 0 N–H and O–H groups in total. The largest absolute Gasteiger partial charge is 0.143 e. The van der Waals surface area contributed by atoms with Crippen LogP contribution in [-0.4, -0.2) is 0 Å². The van der Waals surface area contributed by atoms with Crippen LogP contribution in [0.5, 0.6) is 0 Å². The van der Waals surface area contributed by atoms with E-state index >= 15 is 0 Å². The van der Waals surface area contributed by atoms with Gasteiger partial charge in [-0.3, -0.25) is 0 Å². The van der Waals surface area contributed by atoms with Crippen molar-refractivity contribution in [3.8, 4) is 0 Å². The molecule has 0 unspecified atom stereocenters. The molecule has 0 aliphatic heterocycles. The predicted molar refractivity (Wildman–Crippen MR) is 84.9 cm³/mol. The van der Waals surface area contributed by atoms with E-state index in [2.05, 4.69) is 54.4 Å². The molecule has 0 saturated heterocycles. The molecule has 0 radical (unpaired) electrons. The SMILES string of the molecule is CC=CSc1ccc(Sc2ccc(S)cc2)cc1. The summed E-state index contributed by atoms with van der Waals surface area (Å²) in [5, 5.41) is 2.09. The van der Waals surface area contributed by atoms with Crippen LogP contribution in [0.4, 0.5) is 0 Å². The Kier molecular flexibility index (Phi) is 5.29. The van der Waals surface area contributed by atoms with E-state index in [1.165, 1.54) is 14.7 Å². The summed E-state index contributed by atoms with van der Waals surface area (Å²) in [6.07, 6.45) is 2.05. The maximum Gasteiger partial charge on any atom is 0.0123 e. The topological polar surface area (TPSA) is 0 Å². The van der Waals surface area contributed by atoms with Gasteiger partial charge in [-0.1, -0.05) is 29.6 Å². The van der Waals surface area contributed by atoms with Crippen LogP contribution in [0.15, 0.2) is 79.6 Å². The van der Waals surface area contributed by atoms with Crippen molar-refractivity contribution in [2.75, 3.05) is 0 Å². The fraction of sp³-hybridized carbons (Fsp3) is 0.0667.